The molecular formula is C40H28CrN6NaO14S2+3. The van der Waals surface area contributed by atoms with Crippen LogP contribution in [0.15, 0.2) is 132 Å². The van der Waals surface area contributed by atoms with Crippen molar-refractivity contribution in [1.82, 2.24) is 0 Å². The van der Waals surface area contributed by atoms with Gasteiger partial charge < -0.3 is 10.2 Å². The summed E-state index contributed by atoms with van der Waals surface area (Å²) in [5, 5.41) is 53.6. The number of nitrogens with one attached hydrogen (secondary N) is 2. The van der Waals surface area contributed by atoms with E-state index >= 15 is 0 Å². The molecule has 0 atom stereocenters. The number of non-ortho nitro benzene ring substituents is 2. The molecule has 0 bridgehead atoms. The zero-order valence-electron chi connectivity index (χ0n) is 34.4. The number of phenolic OH excluding ortho intramolecular Hbond substituents is 2. The molecular weight excluding hydrogens is 928 g/mol. The van der Waals surface area contributed by atoms with E-state index in [1.54, 1.807) is 36.4 Å². The van der Waals surface area contributed by atoms with E-state index in [4.69, 9.17) is 0 Å². The maximum Gasteiger partial charge on any atom is 1.00 e. The fraction of sp³-hybridized carbons (Fsp3) is 0. The van der Waals surface area contributed by atoms with E-state index in [1.807, 2.05) is 24.3 Å². The van der Waals surface area contributed by atoms with Crippen LogP contribution >= 0.6 is 0 Å². The van der Waals surface area contributed by atoms with Crippen molar-refractivity contribution in [1.29, 1.82) is 0 Å². The minimum Gasteiger partial charge on any atom is -0.506 e. The molecule has 64 heavy (non-hydrogen) atoms. The fourth-order valence-electron chi connectivity index (χ4n) is 6.54. The van der Waals surface area contributed by atoms with Gasteiger partial charge in [0.05, 0.1) is 9.85 Å². The van der Waals surface area contributed by atoms with Crippen molar-refractivity contribution in [3.05, 3.63) is 164 Å². The second-order valence-corrected chi connectivity index (χ2v) is 16.0. The van der Waals surface area contributed by atoms with Crippen molar-refractivity contribution in [2.24, 2.45) is 10.2 Å². The number of rotatable bonds is 8. The van der Waals surface area contributed by atoms with E-state index in [0.29, 0.717) is 22.9 Å². The minimum absolute atomic E-state index is 0. The van der Waals surface area contributed by atoms with E-state index < -0.39 is 62.8 Å². The number of nitrogens with zero attached hydrogens (tertiary/aromatic N) is 4. The smallest absolute Gasteiger partial charge is 0.506 e. The van der Waals surface area contributed by atoms with Gasteiger partial charge in [0.25, 0.3) is 31.6 Å². The number of benzene rings is 6. The molecule has 2 aliphatic rings. The molecule has 6 aromatic carbocycles. The SMILES string of the molecule is O=C1C=C(S(=O)(=O)O)c2cc([N+](=O)[O-])ccc2C1=NNc1c(O)ccc2ccccc12.O=C1C=C(S(=O)(=O)O)c2cc([N+](=O)[O-])ccc2C1=NNc1c(O)ccc2ccccc12.[Cr].[H+].[H+].[Na+]. The molecule has 0 heterocycles. The maximum absolute atomic E-state index is 12.6. The van der Waals surface area contributed by atoms with Crippen molar-refractivity contribution < 1.29 is 105 Å². The second kappa shape index (κ2) is 19.0. The summed E-state index contributed by atoms with van der Waals surface area (Å²) in [5.41, 5.74) is 3.81. The molecule has 2 aliphatic carbocycles. The number of aromatic hydroxyl groups is 2. The van der Waals surface area contributed by atoms with Gasteiger partial charge in [-0.3, -0.25) is 49.8 Å². The van der Waals surface area contributed by atoms with Crippen LogP contribution in [0.2, 0.25) is 0 Å². The molecule has 0 unspecified atom stereocenters. The van der Waals surface area contributed by atoms with Gasteiger partial charge in [-0.2, -0.15) is 27.0 Å². The van der Waals surface area contributed by atoms with Crippen LogP contribution in [0.4, 0.5) is 22.7 Å². The van der Waals surface area contributed by atoms with Crippen LogP contribution < -0.4 is 40.4 Å². The second-order valence-electron chi connectivity index (χ2n) is 13.2. The molecule has 0 aliphatic heterocycles. The van der Waals surface area contributed by atoms with Gasteiger partial charge in [0, 0.05) is 86.8 Å². The monoisotopic (exact) mass is 955 g/mol. The molecule has 0 amide bonds. The number of hydrogen-bond acceptors (Lipinski definition) is 16. The van der Waals surface area contributed by atoms with Crippen LogP contribution in [-0.2, 0) is 47.2 Å². The number of carbonyl (C=O) groups excluding carboxylic acids is 2. The van der Waals surface area contributed by atoms with Gasteiger partial charge in [-0.1, -0.05) is 60.7 Å². The molecule has 318 valence electrons. The molecule has 0 spiro atoms. The Morgan fingerprint density at radius 1 is 0.547 bits per heavy atom. The summed E-state index contributed by atoms with van der Waals surface area (Å²) in [5.74, 6) is -1.96. The van der Waals surface area contributed by atoms with Gasteiger partial charge in [-0.25, -0.2) is 0 Å². The first-order chi connectivity index (χ1) is 29.3. The van der Waals surface area contributed by atoms with Crippen molar-refractivity contribution >= 4 is 97.3 Å². The summed E-state index contributed by atoms with van der Waals surface area (Å²) >= 11 is 0. The first-order valence-corrected chi connectivity index (χ1v) is 20.4. The molecule has 8 rings (SSSR count). The Balaban J connectivity index is 0.000000330. The molecule has 0 saturated heterocycles. The van der Waals surface area contributed by atoms with Crippen LogP contribution in [0.3, 0.4) is 0 Å². The summed E-state index contributed by atoms with van der Waals surface area (Å²) in [6.45, 7) is 0. The van der Waals surface area contributed by atoms with Crippen LogP contribution in [0.25, 0.3) is 31.4 Å². The molecule has 6 N–H and O–H groups in total. The maximum atomic E-state index is 12.6. The third-order valence-corrected chi connectivity index (χ3v) is 11.2. The molecule has 0 fully saturated rings. The van der Waals surface area contributed by atoms with E-state index in [1.165, 1.54) is 24.3 Å². The van der Waals surface area contributed by atoms with Gasteiger partial charge in [-0.15, -0.1) is 0 Å². The van der Waals surface area contributed by atoms with Crippen molar-refractivity contribution in [3.8, 4) is 11.5 Å². The number of hydrogen-bond donors (Lipinski definition) is 6. The summed E-state index contributed by atoms with van der Waals surface area (Å²) in [6.07, 6.45) is 1.29. The molecule has 24 heteroatoms. The first-order valence-electron chi connectivity index (χ1n) is 17.5. The predicted molar refractivity (Wildman–Crippen MR) is 229 cm³/mol. The number of allylic oxidation sites excluding steroid dienone is 2. The molecule has 0 aromatic heterocycles. The zero-order chi connectivity index (χ0) is 44.7. The Labute approximate surface area is 396 Å². The Kier molecular flexibility index (Phi) is 14.4. The number of nitro benzene ring substituents is 2. The van der Waals surface area contributed by atoms with Gasteiger partial charge >= 0.3 is 32.4 Å². The van der Waals surface area contributed by atoms with Crippen LogP contribution in [0.1, 0.15) is 25.1 Å². The normalized spacial score (nSPS) is 14.5. The number of fused-ring (bicyclic) bond motifs is 4. The van der Waals surface area contributed by atoms with E-state index in [0.717, 1.165) is 35.0 Å². The quantitative estimate of drug-likeness (QED) is 0.0419. The van der Waals surface area contributed by atoms with Gasteiger partial charge in [0.1, 0.15) is 44.1 Å². The molecule has 0 saturated carbocycles. The summed E-state index contributed by atoms with van der Waals surface area (Å²) in [7, 11) is -9.68. The Morgan fingerprint density at radius 2 is 0.906 bits per heavy atom. The predicted octanol–water partition coefficient (Wildman–Crippen LogP) is 3.39. The molecule has 20 nitrogen and oxygen atoms in total. The number of nitro groups is 2. The number of phenols is 2. The van der Waals surface area contributed by atoms with Gasteiger partial charge in [-0.05, 0) is 35.0 Å². The van der Waals surface area contributed by atoms with Gasteiger partial charge in [0.2, 0.25) is 11.6 Å². The standard InChI is InChI=1S/2C20H13N3O7S.Cr.Na/c2*24-16-8-5-11-3-1-2-4-13(11)19(16)21-22-20-14-7-6-12(23(26)27)9-15(14)18(10-17(20)25)31(28,29)30;;/h2*1-10,21,24H,(H,28,29,30);;/q;;;+1/p+2. The van der Waals surface area contributed by atoms with Crippen molar-refractivity contribution in [3.63, 3.8) is 0 Å². The number of hydrazone groups is 2. The Morgan fingerprint density at radius 3 is 1.25 bits per heavy atom. The first kappa shape index (κ1) is 48.4. The minimum atomic E-state index is -4.84. The largest absolute Gasteiger partial charge is 1.00 e. The topological polar surface area (TPSA) is 318 Å². The average Bonchev–Trinajstić information content (AvgIpc) is 3.22. The van der Waals surface area contributed by atoms with Crippen LogP contribution in [0, 0.1) is 20.2 Å². The number of carbonyl (C=O) groups is 2. The fourth-order valence-corrected chi connectivity index (χ4v) is 7.95. The molecule has 0 radical (unpaired) electrons. The van der Waals surface area contributed by atoms with Crippen LogP contribution in [0.5, 0.6) is 11.5 Å². The summed E-state index contributed by atoms with van der Waals surface area (Å²) < 4.78 is 65.9. The number of anilines is 2. The van der Waals surface area contributed by atoms with Crippen LogP contribution in [-0.4, -0.2) is 69.0 Å². The summed E-state index contributed by atoms with van der Waals surface area (Å²) in [6, 6.07) is 26.9. The van der Waals surface area contributed by atoms with E-state index in [9.17, 15) is 66.0 Å². The third-order valence-electron chi connectivity index (χ3n) is 9.39. The Bertz CT molecular complexity index is 3130. The van der Waals surface area contributed by atoms with E-state index in [-0.39, 0.29) is 106 Å². The average molecular weight is 956 g/mol. The van der Waals surface area contributed by atoms with Crippen molar-refractivity contribution in [2.45, 2.75) is 0 Å². The molecule has 6 aromatic rings. The summed E-state index contributed by atoms with van der Waals surface area (Å²) in [4.78, 5) is 44.4. The number of ketones is 2. The third kappa shape index (κ3) is 9.77. The Hall–Kier alpha value is -6.65. The van der Waals surface area contributed by atoms with Crippen molar-refractivity contribution in [2.75, 3.05) is 10.9 Å². The van der Waals surface area contributed by atoms with Gasteiger partial charge in [0.15, 0.2) is 0 Å². The zero-order valence-corrected chi connectivity index (χ0v) is 37.3. The van der Waals surface area contributed by atoms with E-state index in [2.05, 4.69) is 21.1 Å².